The first-order chi connectivity index (χ1) is 12.1. The quantitative estimate of drug-likeness (QED) is 0.411. The summed E-state index contributed by atoms with van der Waals surface area (Å²) in [7, 11) is 0. The lowest BCUT2D eigenvalue weighted by molar-refractivity contribution is 0.687. The van der Waals surface area contributed by atoms with Crippen LogP contribution in [0.1, 0.15) is 30.7 Å². The molecule has 0 unspecified atom stereocenters. The Morgan fingerprint density at radius 3 is 2.68 bits per heavy atom. The highest BCUT2D eigenvalue weighted by atomic mass is 35.5. The highest BCUT2D eigenvalue weighted by Crippen LogP contribution is 2.31. The molecule has 25 heavy (non-hydrogen) atoms. The fourth-order valence-corrected chi connectivity index (χ4v) is 4.78. The molecular weight excluding hydrogens is 393 g/mol. The average Bonchev–Trinajstić information content (AvgIpc) is 3.22. The summed E-state index contributed by atoms with van der Waals surface area (Å²) < 4.78 is 2.17. The van der Waals surface area contributed by atoms with Crippen LogP contribution >= 0.6 is 46.3 Å². The van der Waals surface area contributed by atoms with E-state index in [1.54, 1.807) is 23.1 Å². The van der Waals surface area contributed by atoms with Crippen LogP contribution in [0.4, 0.5) is 0 Å². The van der Waals surface area contributed by atoms with Crippen molar-refractivity contribution in [1.82, 2.24) is 14.8 Å². The summed E-state index contributed by atoms with van der Waals surface area (Å²) in [5.74, 6) is 1.72. The number of benzene rings is 1. The SMILES string of the molecule is CCCc1cc(-c2nnc(SCc3ccc(Cl)c(Cl)c3)n2CC)cs1. The van der Waals surface area contributed by atoms with Gasteiger partial charge < -0.3 is 4.57 Å². The van der Waals surface area contributed by atoms with E-state index in [4.69, 9.17) is 23.2 Å². The van der Waals surface area contributed by atoms with Crippen LogP contribution < -0.4 is 0 Å². The molecule has 3 rings (SSSR count). The summed E-state index contributed by atoms with van der Waals surface area (Å²) >= 11 is 15.5. The van der Waals surface area contributed by atoms with Crippen LogP contribution in [0, 0.1) is 0 Å². The molecule has 0 aliphatic rings. The maximum atomic E-state index is 6.09. The van der Waals surface area contributed by atoms with Gasteiger partial charge in [-0.25, -0.2) is 0 Å². The second kappa shape index (κ2) is 8.58. The lowest BCUT2D eigenvalue weighted by Crippen LogP contribution is -1.99. The number of rotatable bonds is 7. The molecule has 2 heterocycles. The number of nitrogens with zero attached hydrogens (tertiary/aromatic N) is 3. The number of thiophene rings is 1. The van der Waals surface area contributed by atoms with E-state index in [9.17, 15) is 0 Å². The Balaban J connectivity index is 1.78. The zero-order chi connectivity index (χ0) is 17.8. The molecule has 0 atom stereocenters. The Morgan fingerprint density at radius 2 is 1.96 bits per heavy atom. The van der Waals surface area contributed by atoms with E-state index in [1.807, 2.05) is 18.2 Å². The number of hydrogen-bond acceptors (Lipinski definition) is 4. The number of halogens is 2. The molecular formula is C18H19Cl2N3S2. The van der Waals surface area contributed by atoms with Crippen LogP contribution in [0.2, 0.25) is 10.0 Å². The maximum absolute atomic E-state index is 6.09. The molecule has 0 aliphatic heterocycles. The number of thioether (sulfide) groups is 1. The van der Waals surface area contributed by atoms with Crippen molar-refractivity contribution in [3.63, 3.8) is 0 Å². The summed E-state index contributed by atoms with van der Waals surface area (Å²) in [6.45, 7) is 5.16. The molecule has 1 aromatic carbocycles. The first kappa shape index (κ1) is 18.8. The standard InChI is InChI=1S/C18H19Cl2N3S2/c1-3-5-14-9-13(11-24-14)17-21-22-18(23(17)4-2)25-10-12-6-7-15(19)16(20)8-12/h6-9,11H,3-5,10H2,1-2H3. The second-order valence-corrected chi connectivity index (χ2v) is 8.39. The predicted molar refractivity (Wildman–Crippen MR) is 109 cm³/mol. The van der Waals surface area contributed by atoms with Gasteiger partial charge in [-0.15, -0.1) is 21.5 Å². The first-order valence-corrected chi connectivity index (χ1v) is 10.8. The van der Waals surface area contributed by atoms with Gasteiger partial charge in [0, 0.05) is 28.1 Å². The van der Waals surface area contributed by atoms with Crippen molar-refractivity contribution >= 4 is 46.3 Å². The maximum Gasteiger partial charge on any atom is 0.191 e. The van der Waals surface area contributed by atoms with Gasteiger partial charge in [0.05, 0.1) is 10.0 Å². The summed E-state index contributed by atoms with van der Waals surface area (Å²) in [4.78, 5) is 1.40. The van der Waals surface area contributed by atoms with E-state index in [2.05, 4.69) is 40.1 Å². The van der Waals surface area contributed by atoms with Gasteiger partial charge >= 0.3 is 0 Å². The molecule has 2 aromatic heterocycles. The third kappa shape index (κ3) is 4.40. The number of hydrogen-bond donors (Lipinski definition) is 0. The lowest BCUT2D eigenvalue weighted by atomic mass is 10.2. The first-order valence-electron chi connectivity index (χ1n) is 8.20. The van der Waals surface area contributed by atoms with Crippen LogP contribution in [-0.4, -0.2) is 14.8 Å². The Kier molecular flexibility index (Phi) is 6.44. The fourth-order valence-electron chi connectivity index (χ4n) is 2.55. The van der Waals surface area contributed by atoms with Gasteiger partial charge in [-0.2, -0.15) is 0 Å². The minimum Gasteiger partial charge on any atom is -0.302 e. The van der Waals surface area contributed by atoms with Gasteiger partial charge in [0.15, 0.2) is 11.0 Å². The largest absolute Gasteiger partial charge is 0.302 e. The molecule has 7 heteroatoms. The average molecular weight is 412 g/mol. The van der Waals surface area contributed by atoms with Crippen LogP contribution in [0.25, 0.3) is 11.4 Å². The molecule has 0 spiro atoms. The van der Waals surface area contributed by atoms with Crippen molar-refractivity contribution in [3.05, 3.63) is 50.1 Å². The second-order valence-electron chi connectivity index (χ2n) is 5.64. The highest BCUT2D eigenvalue weighted by Gasteiger charge is 2.15. The molecule has 0 saturated heterocycles. The molecule has 3 aromatic rings. The molecule has 132 valence electrons. The van der Waals surface area contributed by atoms with Gasteiger partial charge in [-0.3, -0.25) is 0 Å². The molecule has 0 radical (unpaired) electrons. The molecule has 0 bridgehead atoms. The molecule has 0 N–H and O–H groups in total. The lowest BCUT2D eigenvalue weighted by Gasteiger charge is -2.07. The van der Waals surface area contributed by atoms with E-state index in [1.165, 1.54) is 4.88 Å². The molecule has 0 amide bonds. The Hall–Kier alpha value is -1.01. The van der Waals surface area contributed by atoms with Crippen LogP contribution in [0.3, 0.4) is 0 Å². The summed E-state index contributed by atoms with van der Waals surface area (Å²) in [5, 5.41) is 13.1. The van der Waals surface area contributed by atoms with Gasteiger partial charge in [0.2, 0.25) is 0 Å². The third-order valence-electron chi connectivity index (χ3n) is 3.79. The van der Waals surface area contributed by atoms with Gasteiger partial charge in [-0.1, -0.05) is 54.4 Å². The fraction of sp³-hybridized carbons (Fsp3) is 0.333. The number of aromatic nitrogens is 3. The van der Waals surface area contributed by atoms with Crippen LogP contribution in [0.5, 0.6) is 0 Å². The Labute approximate surface area is 166 Å². The summed E-state index contributed by atoms with van der Waals surface area (Å²) in [6.07, 6.45) is 2.27. The molecule has 3 nitrogen and oxygen atoms in total. The highest BCUT2D eigenvalue weighted by molar-refractivity contribution is 7.98. The van der Waals surface area contributed by atoms with Crippen molar-refractivity contribution in [1.29, 1.82) is 0 Å². The van der Waals surface area contributed by atoms with E-state index >= 15 is 0 Å². The monoisotopic (exact) mass is 411 g/mol. The van der Waals surface area contributed by atoms with E-state index in [0.717, 1.165) is 47.2 Å². The summed E-state index contributed by atoms with van der Waals surface area (Å²) in [6, 6.07) is 7.96. The van der Waals surface area contributed by atoms with Crippen LogP contribution in [-0.2, 0) is 18.7 Å². The van der Waals surface area contributed by atoms with E-state index in [0.29, 0.717) is 10.0 Å². The zero-order valence-electron chi connectivity index (χ0n) is 14.1. The normalized spacial score (nSPS) is 11.2. The molecule has 0 saturated carbocycles. The minimum absolute atomic E-state index is 0.578. The molecule has 0 fully saturated rings. The summed E-state index contributed by atoms with van der Waals surface area (Å²) in [5.41, 5.74) is 2.27. The van der Waals surface area contributed by atoms with Crippen molar-refractivity contribution in [3.8, 4) is 11.4 Å². The van der Waals surface area contributed by atoms with Gasteiger partial charge in [0.25, 0.3) is 0 Å². The predicted octanol–water partition coefficient (Wildman–Crippen LogP) is 6.58. The Morgan fingerprint density at radius 1 is 1.12 bits per heavy atom. The van der Waals surface area contributed by atoms with Crippen molar-refractivity contribution in [2.45, 2.75) is 44.1 Å². The van der Waals surface area contributed by atoms with Gasteiger partial charge in [0.1, 0.15) is 0 Å². The van der Waals surface area contributed by atoms with Crippen molar-refractivity contribution in [2.75, 3.05) is 0 Å². The van der Waals surface area contributed by atoms with Crippen molar-refractivity contribution < 1.29 is 0 Å². The third-order valence-corrected chi connectivity index (χ3v) is 6.57. The Bertz CT molecular complexity index is 858. The smallest absolute Gasteiger partial charge is 0.191 e. The molecule has 0 aliphatic carbocycles. The van der Waals surface area contributed by atoms with E-state index < -0.39 is 0 Å². The van der Waals surface area contributed by atoms with Crippen molar-refractivity contribution in [2.24, 2.45) is 0 Å². The van der Waals surface area contributed by atoms with Crippen LogP contribution in [0.15, 0.2) is 34.8 Å². The minimum atomic E-state index is 0.578. The van der Waals surface area contributed by atoms with E-state index in [-0.39, 0.29) is 0 Å². The van der Waals surface area contributed by atoms with Gasteiger partial charge in [-0.05, 0) is 37.1 Å². The number of aryl methyl sites for hydroxylation is 1. The topological polar surface area (TPSA) is 30.7 Å². The zero-order valence-corrected chi connectivity index (χ0v) is 17.3.